The lowest BCUT2D eigenvalue weighted by Gasteiger charge is -2.33. The highest BCUT2D eigenvalue weighted by atomic mass is 16.5. The van der Waals surface area contributed by atoms with Gasteiger partial charge in [0.25, 0.3) is 5.91 Å². The van der Waals surface area contributed by atoms with Gasteiger partial charge in [-0.3, -0.25) is 24.1 Å². The minimum Gasteiger partial charge on any atom is -0.379 e. The predicted molar refractivity (Wildman–Crippen MR) is 132 cm³/mol. The summed E-state index contributed by atoms with van der Waals surface area (Å²) >= 11 is 0. The number of hydrogen-bond acceptors (Lipinski definition) is 6. The molecule has 4 amide bonds. The standard InChI is InChI=1S/C26H36N4O5/c1-17(31)27-18-6-8-19(9-7-18)30-21(32)16-20(23(30)33)29(11-10-28-12-14-35-15-13-28)24(34)22-25(2,3)26(22,4)5/h6-9,20,22H,10-16H2,1-5H3,(H,27,31). The molecule has 1 unspecified atom stereocenters. The Labute approximate surface area is 206 Å². The van der Waals surface area contributed by atoms with Crippen LogP contribution in [0, 0.1) is 16.7 Å². The van der Waals surface area contributed by atoms with Crippen LogP contribution in [0.3, 0.4) is 0 Å². The van der Waals surface area contributed by atoms with E-state index >= 15 is 0 Å². The molecule has 1 atom stereocenters. The predicted octanol–water partition coefficient (Wildman–Crippen LogP) is 2.12. The summed E-state index contributed by atoms with van der Waals surface area (Å²) in [6.07, 6.45) is -0.0330. The largest absolute Gasteiger partial charge is 0.379 e. The highest BCUT2D eigenvalue weighted by Gasteiger charge is 2.69. The summed E-state index contributed by atoms with van der Waals surface area (Å²) in [5.41, 5.74) is 0.667. The number of hydrogen-bond donors (Lipinski definition) is 1. The molecule has 9 heteroatoms. The summed E-state index contributed by atoms with van der Waals surface area (Å²) in [6.45, 7) is 13.6. The maximum Gasteiger partial charge on any atom is 0.257 e. The number of nitrogens with one attached hydrogen (secondary N) is 1. The second-order valence-electron chi connectivity index (χ2n) is 10.9. The van der Waals surface area contributed by atoms with Crippen LogP contribution in [0.25, 0.3) is 0 Å². The van der Waals surface area contributed by atoms with Crippen molar-refractivity contribution in [1.82, 2.24) is 9.80 Å². The number of benzene rings is 1. The Balaban J connectivity index is 1.55. The van der Waals surface area contributed by atoms with E-state index in [0.29, 0.717) is 37.7 Å². The minimum atomic E-state index is -0.821. The normalized spacial score (nSPS) is 23.9. The van der Waals surface area contributed by atoms with Crippen LogP contribution >= 0.6 is 0 Å². The van der Waals surface area contributed by atoms with Crippen LogP contribution in [-0.2, 0) is 23.9 Å². The van der Waals surface area contributed by atoms with Crippen molar-refractivity contribution in [2.24, 2.45) is 16.7 Å². The Bertz CT molecular complexity index is 999. The van der Waals surface area contributed by atoms with E-state index in [4.69, 9.17) is 4.74 Å². The number of carbonyl (C=O) groups excluding carboxylic acids is 4. The van der Waals surface area contributed by atoms with Gasteiger partial charge in [-0.15, -0.1) is 0 Å². The van der Waals surface area contributed by atoms with Crippen molar-refractivity contribution >= 4 is 35.0 Å². The van der Waals surface area contributed by atoms with E-state index in [0.717, 1.165) is 13.1 Å². The number of morpholine rings is 1. The lowest BCUT2D eigenvalue weighted by molar-refractivity contribution is -0.140. The Hall–Kier alpha value is -2.78. The van der Waals surface area contributed by atoms with Crippen LogP contribution in [0.2, 0.25) is 0 Å². The number of amides is 4. The average Bonchev–Trinajstić information content (AvgIpc) is 3.02. The Kier molecular flexibility index (Phi) is 6.76. The maximum atomic E-state index is 13.8. The van der Waals surface area contributed by atoms with Crippen molar-refractivity contribution in [3.05, 3.63) is 24.3 Å². The van der Waals surface area contributed by atoms with Crippen LogP contribution < -0.4 is 10.2 Å². The number of nitrogens with zero attached hydrogens (tertiary/aromatic N) is 3. The van der Waals surface area contributed by atoms with E-state index < -0.39 is 6.04 Å². The van der Waals surface area contributed by atoms with Crippen molar-refractivity contribution in [3.63, 3.8) is 0 Å². The fourth-order valence-corrected chi connectivity index (χ4v) is 5.50. The molecule has 1 N–H and O–H groups in total. The molecule has 0 aromatic heterocycles. The zero-order valence-corrected chi connectivity index (χ0v) is 21.3. The third-order valence-corrected chi connectivity index (χ3v) is 8.26. The highest BCUT2D eigenvalue weighted by molar-refractivity contribution is 6.23. The van der Waals surface area contributed by atoms with Crippen molar-refractivity contribution in [2.75, 3.05) is 49.6 Å². The van der Waals surface area contributed by atoms with E-state index in [2.05, 4.69) is 37.9 Å². The zero-order chi connectivity index (χ0) is 25.5. The number of carbonyl (C=O) groups is 4. The first-order valence-electron chi connectivity index (χ1n) is 12.3. The van der Waals surface area contributed by atoms with E-state index in [9.17, 15) is 19.2 Å². The van der Waals surface area contributed by atoms with Gasteiger partial charge in [-0.1, -0.05) is 27.7 Å². The molecular weight excluding hydrogens is 448 g/mol. The molecule has 4 rings (SSSR count). The van der Waals surface area contributed by atoms with Crippen molar-refractivity contribution in [1.29, 1.82) is 0 Å². The van der Waals surface area contributed by atoms with E-state index in [1.165, 1.54) is 11.8 Å². The first kappa shape index (κ1) is 25.3. The fourth-order valence-electron chi connectivity index (χ4n) is 5.50. The quantitative estimate of drug-likeness (QED) is 0.596. The molecule has 0 spiro atoms. The summed E-state index contributed by atoms with van der Waals surface area (Å²) < 4.78 is 5.43. The molecule has 1 aliphatic carbocycles. The topological polar surface area (TPSA) is 99.3 Å². The number of rotatable bonds is 7. The summed E-state index contributed by atoms with van der Waals surface area (Å²) in [6, 6.07) is 5.76. The SMILES string of the molecule is CC(=O)Nc1ccc(N2C(=O)CC(N(CCN3CCOCC3)C(=O)C3C(C)(C)C3(C)C)C2=O)cc1. The lowest BCUT2D eigenvalue weighted by atomic mass is 10.0. The van der Waals surface area contributed by atoms with Crippen LogP contribution in [-0.4, -0.2) is 78.9 Å². The molecule has 2 heterocycles. The number of ether oxygens (including phenoxy) is 1. The van der Waals surface area contributed by atoms with Gasteiger partial charge < -0.3 is 15.0 Å². The van der Waals surface area contributed by atoms with Gasteiger partial charge in [0.2, 0.25) is 17.7 Å². The van der Waals surface area contributed by atoms with Crippen LogP contribution in [0.1, 0.15) is 41.0 Å². The van der Waals surface area contributed by atoms with E-state index in [-0.39, 0.29) is 46.8 Å². The molecule has 3 fully saturated rings. The summed E-state index contributed by atoms with van der Waals surface area (Å²) in [5.74, 6) is -1.16. The first-order chi connectivity index (χ1) is 16.4. The monoisotopic (exact) mass is 484 g/mol. The molecule has 1 aromatic rings. The molecule has 3 aliphatic rings. The van der Waals surface area contributed by atoms with Gasteiger partial charge in [0.05, 0.1) is 25.3 Å². The van der Waals surface area contributed by atoms with Gasteiger partial charge in [0, 0.05) is 44.7 Å². The molecule has 2 saturated heterocycles. The molecule has 1 saturated carbocycles. The number of anilines is 2. The summed E-state index contributed by atoms with van der Waals surface area (Å²) in [7, 11) is 0. The summed E-state index contributed by atoms with van der Waals surface area (Å²) in [5, 5.41) is 2.68. The van der Waals surface area contributed by atoms with Gasteiger partial charge in [0.15, 0.2) is 0 Å². The van der Waals surface area contributed by atoms with Gasteiger partial charge in [0.1, 0.15) is 6.04 Å². The third-order valence-electron chi connectivity index (χ3n) is 8.26. The van der Waals surface area contributed by atoms with Crippen molar-refractivity contribution < 1.29 is 23.9 Å². The maximum absolute atomic E-state index is 13.8. The third kappa shape index (κ3) is 4.71. The molecule has 35 heavy (non-hydrogen) atoms. The van der Waals surface area contributed by atoms with Gasteiger partial charge >= 0.3 is 0 Å². The second kappa shape index (κ2) is 9.35. The van der Waals surface area contributed by atoms with Crippen molar-refractivity contribution in [2.45, 2.75) is 47.1 Å². The molecule has 190 valence electrons. The van der Waals surface area contributed by atoms with Gasteiger partial charge in [-0.05, 0) is 35.1 Å². The summed E-state index contributed by atoms with van der Waals surface area (Å²) in [4.78, 5) is 56.7. The molecule has 0 radical (unpaired) electrons. The number of imide groups is 1. The Morgan fingerprint density at radius 2 is 1.66 bits per heavy atom. The Morgan fingerprint density at radius 3 is 2.20 bits per heavy atom. The average molecular weight is 485 g/mol. The van der Waals surface area contributed by atoms with Crippen LogP contribution in [0.15, 0.2) is 24.3 Å². The minimum absolute atomic E-state index is 0.0330. The molecular formula is C26H36N4O5. The first-order valence-corrected chi connectivity index (χ1v) is 12.3. The second-order valence-corrected chi connectivity index (χ2v) is 10.9. The van der Waals surface area contributed by atoms with Crippen LogP contribution in [0.5, 0.6) is 0 Å². The lowest BCUT2D eigenvalue weighted by Crippen LogP contribution is -2.50. The highest BCUT2D eigenvalue weighted by Crippen LogP contribution is 2.69. The zero-order valence-electron chi connectivity index (χ0n) is 21.3. The van der Waals surface area contributed by atoms with Crippen molar-refractivity contribution in [3.8, 4) is 0 Å². The van der Waals surface area contributed by atoms with E-state index in [1.807, 2.05) is 0 Å². The molecule has 1 aromatic carbocycles. The smallest absolute Gasteiger partial charge is 0.257 e. The van der Waals surface area contributed by atoms with E-state index in [1.54, 1.807) is 29.2 Å². The van der Waals surface area contributed by atoms with Crippen LogP contribution in [0.4, 0.5) is 11.4 Å². The molecule has 2 aliphatic heterocycles. The molecule has 0 bridgehead atoms. The van der Waals surface area contributed by atoms with Gasteiger partial charge in [-0.2, -0.15) is 0 Å². The van der Waals surface area contributed by atoms with Gasteiger partial charge in [-0.25, -0.2) is 4.90 Å². The fraction of sp³-hybridized carbons (Fsp3) is 0.615. The Morgan fingerprint density at radius 1 is 1.06 bits per heavy atom. The molecule has 9 nitrogen and oxygen atoms in total.